The third-order valence-electron chi connectivity index (χ3n) is 3.83. The Bertz CT molecular complexity index is 469. The quantitative estimate of drug-likeness (QED) is 0.513. The number of benzene rings is 1. The Balaban J connectivity index is 2.83. The lowest BCUT2D eigenvalue weighted by Crippen LogP contribution is -2.41. The first-order chi connectivity index (χ1) is 10.6. The number of esters is 2. The van der Waals surface area contributed by atoms with E-state index < -0.39 is 17.4 Å². The lowest BCUT2D eigenvalue weighted by Gasteiger charge is -2.28. The van der Waals surface area contributed by atoms with Crippen molar-refractivity contribution in [2.24, 2.45) is 5.41 Å². The summed E-state index contributed by atoms with van der Waals surface area (Å²) in [6.07, 6.45) is 2.55. The maximum Gasteiger partial charge on any atom is 0.323 e. The van der Waals surface area contributed by atoms with E-state index >= 15 is 0 Å². The molecule has 1 aromatic rings. The molecule has 0 aliphatic carbocycles. The summed E-state index contributed by atoms with van der Waals surface area (Å²) in [5.41, 5.74) is -0.277. The zero-order chi connectivity index (χ0) is 16.4. The number of hydrogen-bond acceptors (Lipinski definition) is 4. The van der Waals surface area contributed by atoms with Gasteiger partial charge in [-0.1, -0.05) is 57.0 Å². The van der Waals surface area contributed by atoms with Crippen molar-refractivity contribution in [3.05, 3.63) is 35.9 Å². The summed E-state index contributed by atoms with van der Waals surface area (Å²) in [6, 6.07) is 9.45. The lowest BCUT2D eigenvalue weighted by atomic mass is 9.80. The Hall–Kier alpha value is -1.84. The van der Waals surface area contributed by atoms with Crippen molar-refractivity contribution in [1.29, 1.82) is 0 Å². The van der Waals surface area contributed by atoms with Crippen molar-refractivity contribution in [2.45, 2.75) is 53.1 Å². The molecule has 0 aliphatic heterocycles. The molecule has 4 nitrogen and oxygen atoms in total. The topological polar surface area (TPSA) is 52.6 Å². The summed E-state index contributed by atoms with van der Waals surface area (Å²) in [7, 11) is 0. The Morgan fingerprint density at radius 3 is 2.18 bits per heavy atom. The average molecular weight is 306 g/mol. The van der Waals surface area contributed by atoms with Crippen LogP contribution >= 0.6 is 0 Å². The Morgan fingerprint density at radius 2 is 1.64 bits per heavy atom. The smallest absolute Gasteiger partial charge is 0.323 e. The lowest BCUT2D eigenvalue weighted by molar-refractivity contribution is -0.174. The van der Waals surface area contributed by atoms with Gasteiger partial charge in [0.05, 0.1) is 6.61 Å². The summed E-state index contributed by atoms with van der Waals surface area (Å²) < 4.78 is 10.5. The number of ether oxygens (including phenoxy) is 2. The highest BCUT2D eigenvalue weighted by atomic mass is 16.6. The second-order valence-corrected chi connectivity index (χ2v) is 5.32. The van der Waals surface area contributed by atoms with Crippen molar-refractivity contribution >= 4 is 11.9 Å². The monoisotopic (exact) mass is 306 g/mol. The molecule has 0 aromatic heterocycles. The summed E-state index contributed by atoms with van der Waals surface area (Å²) in [6.45, 7) is 6.04. The second kappa shape index (κ2) is 9.23. The highest BCUT2D eigenvalue weighted by Gasteiger charge is 2.46. The van der Waals surface area contributed by atoms with Crippen molar-refractivity contribution in [3.63, 3.8) is 0 Å². The molecule has 0 heterocycles. The summed E-state index contributed by atoms with van der Waals surface area (Å²) >= 11 is 0. The average Bonchev–Trinajstić information content (AvgIpc) is 2.55. The van der Waals surface area contributed by atoms with Gasteiger partial charge in [0.25, 0.3) is 0 Å². The maximum absolute atomic E-state index is 12.6. The molecule has 1 atom stereocenters. The number of carbonyl (C=O) groups excluding carboxylic acids is 2. The Kier molecular flexibility index (Phi) is 7.64. The number of rotatable bonds is 9. The Morgan fingerprint density at radius 1 is 1.00 bits per heavy atom. The fourth-order valence-corrected chi connectivity index (χ4v) is 2.36. The van der Waals surface area contributed by atoms with Gasteiger partial charge in [-0.3, -0.25) is 9.59 Å². The van der Waals surface area contributed by atoms with Crippen LogP contribution in [0, 0.1) is 5.41 Å². The molecule has 0 N–H and O–H groups in total. The van der Waals surface area contributed by atoms with Gasteiger partial charge in [0.15, 0.2) is 5.41 Å². The van der Waals surface area contributed by atoms with E-state index in [2.05, 4.69) is 0 Å². The van der Waals surface area contributed by atoms with Crippen molar-refractivity contribution < 1.29 is 19.1 Å². The van der Waals surface area contributed by atoms with Gasteiger partial charge >= 0.3 is 11.9 Å². The van der Waals surface area contributed by atoms with Gasteiger partial charge < -0.3 is 9.47 Å². The molecule has 0 radical (unpaired) electrons. The van der Waals surface area contributed by atoms with Crippen LogP contribution in [0.3, 0.4) is 0 Å². The molecule has 1 aromatic carbocycles. The van der Waals surface area contributed by atoms with Crippen LogP contribution in [0.5, 0.6) is 0 Å². The molecule has 1 unspecified atom stereocenters. The molecule has 0 amide bonds. The van der Waals surface area contributed by atoms with Crippen LogP contribution in [0.25, 0.3) is 0 Å². The van der Waals surface area contributed by atoms with Crippen LogP contribution in [0.4, 0.5) is 0 Å². The van der Waals surface area contributed by atoms with E-state index in [0.29, 0.717) is 12.8 Å². The first kappa shape index (κ1) is 18.2. The number of unbranched alkanes of at least 4 members (excludes halogenated alkanes) is 1. The van der Waals surface area contributed by atoms with Crippen LogP contribution in [-0.2, 0) is 25.7 Å². The maximum atomic E-state index is 12.6. The van der Waals surface area contributed by atoms with Crippen molar-refractivity contribution in [1.82, 2.24) is 0 Å². The van der Waals surface area contributed by atoms with Crippen molar-refractivity contribution in [2.75, 3.05) is 6.61 Å². The molecule has 0 spiro atoms. The summed E-state index contributed by atoms with van der Waals surface area (Å²) in [4.78, 5) is 24.9. The zero-order valence-electron chi connectivity index (χ0n) is 13.8. The number of carbonyl (C=O) groups is 2. The minimum absolute atomic E-state index is 0.174. The number of hydrogen-bond donors (Lipinski definition) is 0. The first-order valence-electron chi connectivity index (χ1n) is 7.99. The van der Waals surface area contributed by atoms with E-state index in [1.165, 1.54) is 0 Å². The molecule has 22 heavy (non-hydrogen) atoms. The first-order valence-corrected chi connectivity index (χ1v) is 7.99. The fraction of sp³-hybridized carbons (Fsp3) is 0.556. The van der Waals surface area contributed by atoms with Gasteiger partial charge in [0.1, 0.15) is 6.61 Å². The zero-order valence-corrected chi connectivity index (χ0v) is 13.8. The standard InChI is InChI=1S/C18H26O4/c1-4-7-13-18(5-2,16(19)21-6-3)17(20)22-14-15-11-9-8-10-12-15/h8-12H,4-7,13-14H2,1-3H3. The van der Waals surface area contributed by atoms with E-state index in [4.69, 9.17) is 9.47 Å². The normalized spacial score (nSPS) is 13.2. The Labute approximate surface area is 132 Å². The van der Waals surface area contributed by atoms with Gasteiger partial charge in [0, 0.05) is 0 Å². The summed E-state index contributed by atoms with van der Waals surface area (Å²) in [5.74, 6) is -0.949. The summed E-state index contributed by atoms with van der Waals surface area (Å²) in [5, 5.41) is 0. The van der Waals surface area contributed by atoms with E-state index in [-0.39, 0.29) is 13.2 Å². The molecule has 0 bridgehead atoms. The third-order valence-corrected chi connectivity index (χ3v) is 3.83. The van der Waals surface area contributed by atoms with Crippen LogP contribution in [-0.4, -0.2) is 18.5 Å². The highest BCUT2D eigenvalue weighted by molar-refractivity contribution is 6.00. The molecule has 1 rings (SSSR count). The van der Waals surface area contributed by atoms with Crippen LogP contribution in [0.2, 0.25) is 0 Å². The molecular formula is C18H26O4. The third kappa shape index (κ3) is 4.58. The molecule has 0 fully saturated rings. The molecule has 0 aliphatic rings. The molecule has 4 heteroatoms. The minimum Gasteiger partial charge on any atom is -0.465 e. The van der Waals surface area contributed by atoms with E-state index in [1.807, 2.05) is 44.2 Å². The highest BCUT2D eigenvalue weighted by Crippen LogP contribution is 2.32. The predicted molar refractivity (Wildman–Crippen MR) is 85.1 cm³/mol. The van der Waals surface area contributed by atoms with E-state index in [9.17, 15) is 9.59 Å². The van der Waals surface area contributed by atoms with Crippen LogP contribution < -0.4 is 0 Å². The SMILES string of the molecule is CCCCC(CC)(C(=O)OCC)C(=O)OCc1ccccc1. The molecular weight excluding hydrogens is 280 g/mol. The van der Waals surface area contributed by atoms with E-state index in [0.717, 1.165) is 18.4 Å². The van der Waals surface area contributed by atoms with Gasteiger partial charge in [-0.15, -0.1) is 0 Å². The van der Waals surface area contributed by atoms with Crippen molar-refractivity contribution in [3.8, 4) is 0 Å². The van der Waals surface area contributed by atoms with Gasteiger partial charge in [-0.25, -0.2) is 0 Å². The molecule has 0 saturated carbocycles. The largest absolute Gasteiger partial charge is 0.465 e. The minimum atomic E-state index is -1.18. The van der Waals surface area contributed by atoms with Gasteiger partial charge in [0.2, 0.25) is 0 Å². The van der Waals surface area contributed by atoms with E-state index in [1.54, 1.807) is 6.92 Å². The van der Waals surface area contributed by atoms with Gasteiger partial charge in [-0.05, 0) is 25.3 Å². The fourth-order valence-electron chi connectivity index (χ4n) is 2.36. The molecule has 0 saturated heterocycles. The van der Waals surface area contributed by atoms with Crippen LogP contribution in [0.15, 0.2) is 30.3 Å². The molecule has 122 valence electrons. The van der Waals surface area contributed by atoms with Crippen LogP contribution in [0.1, 0.15) is 52.0 Å². The van der Waals surface area contributed by atoms with Gasteiger partial charge in [-0.2, -0.15) is 0 Å². The predicted octanol–water partition coefficient (Wildman–Crippen LogP) is 3.88. The second-order valence-electron chi connectivity index (χ2n) is 5.32.